The molecule has 0 bridgehead atoms. The Balaban J connectivity index is 2.06. The largest absolute Gasteiger partial charge is 0.497 e. The molecule has 0 aromatic heterocycles. The smallest absolute Gasteiger partial charge is 0.247 e. The summed E-state index contributed by atoms with van der Waals surface area (Å²) in [5, 5.41) is 9.71. The van der Waals surface area contributed by atoms with Crippen LogP contribution >= 0.6 is 0 Å². The molecule has 0 aliphatic carbocycles. The van der Waals surface area contributed by atoms with Gasteiger partial charge in [-0.3, -0.25) is 0 Å². The normalized spacial score (nSPS) is 21.1. The number of ether oxygens (including phenoxy) is 2. The molecule has 1 aliphatic heterocycles. The van der Waals surface area contributed by atoms with Crippen LogP contribution in [-0.2, 0) is 10.0 Å². The minimum absolute atomic E-state index is 0.0872. The van der Waals surface area contributed by atoms with Crippen LogP contribution in [0.3, 0.4) is 0 Å². The lowest BCUT2D eigenvalue weighted by Gasteiger charge is -2.37. The molecule has 8 heteroatoms. The maximum Gasteiger partial charge on any atom is 0.247 e. The lowest BCUT2D eigenvalue weighted by atomic mass is 10.0. The van der Waals surface area contributed by atoms with Gasteiger partial charge >= 0.3 is 0 Å². The molecule has 0 amide bonds. The first kappa shape index (κ1) is 25.1. The quantitative estimate of drug-likeness (QED) is 0.674. The fourth-order valence-electron chi connectivity index (χ4n) is 3.73. The highest BCUT2D eigenvalue weighted by molar-refractivity contribution is 7.89. The summed E-state index contributed by atoms with van der Waals surface area (Å²) in [4.78, 5) is 2.11. The van der Waals surface area contributed by atoms with Gasteiger partial charge in [-0.1, -0.05) is 24.8 Å². The topological polar surface area (TPSA) is 79.3 Å². The number of aliphatic hydroxyl groups excluding tert-OH is 1. The number of sulfonamides is 1. The van der Waals surface area contributed by atoms with E-state index >= 15 is 0 Å². The second kappa shape index (κ2) is 10.6. The highest BCUT2D eigenvalue weighted by Crippen LogP contribution is 2.34. The number of benzene rings is 2. The van der Waals surface area contributed by atoms with E-state index in [2.05, 4.69) is 11.8 Å². The van der Waals surface area contributed by atoms with Crippen LogP contribution in [0.2, 0.25) is 0 Å². The third-order valence-electron chi connectivity index (χ3n) is 5.63. The van der Waals surface area contributed by atoms with Crippen LogP contribution in [0, 0.1) is 17.8 Å². The Kier molecular flexibility index (Phi) is 8.03. The van der Waals surface area contributed by atoms with Crippen molar-refractivity contribution in [2.45, 2.75) is 30.9 Å². The van der Waals surface area contributed by atoms with Crippen LogP contribution in [0.15, 0.2) is 47.4 Å². The number of fused-ring (bicyclic) bond motifs is 1. The van der Waals surface area contributed by atoms with Gasteiger partial charge in [-0.05, 0) is 57.4 Å². The zero-order valence-electron chi connectivity index (χ0n) is 19.8. The Bertz CT molecular complexity index is 1140. The van der Waals surface area contributed by atoms with Crippen LogP contribution in [-0.4, -0.2) is 75.8 Å². The van der Waals surface area contributed by atoms with Gasteiger partial charge in [0, 0.05) is 36.2 Å². The van der Waals surface area contributed by atoms with Crippen LogP contribution < -0.4 is 9.47 Å². The van der Waals surface area contributed by atoms with Crippen molar-refractivity contribution in [2.75, 3.05) is 40.9 Å². The average Bonchev–Trinajstić information content (AvgIpc) is 2.79. The second-order valence-electron chi connectivity index (χ2n) is 8.65. The maximum absolute atomic E-state index is 13.5. The van der Waals surface area contributed by atoms with E-state index in [0.717, 1.165) is 5.56 Å². The molecule has 7 nitrogen and oxygen atoms in total. The molecule has 0 radical (unpaired) electrons. The Morgan fingerprint density at radius 2 is 1.91 bits per heavy atom. The standard InChI is InChI=1S/C25H32N2O5S/c1-18-15-27(19(2)17-28)33(29,30)25-12-11-21(14-23(25)32-24(18)16-26(3)4)10-9-20-7-6-8-22(13-20)31-5/h6-8,11-14,18-19,24,28H,15-17H2,1-5H3/t18-,19-,24-/m0/s1. The highest BCUT2D eigenvalue weighted by atomic mass is 32.2. The van der Waals surface area contributed by atoms with Crippen LogP contribution in [0.5, 0.6) is 11.5 Å². The minimum atomic E-state index is -3.86. The van der Waals surface area contributed by atoms with E-state index in [9.17, 15) is 13.5 Å². The number of aliphatic hydroxyl groups is 1. The van der Waals surface area contributed by atoms with Gasteiger partial charge in [0.2, 0.25) is 10.0 Å². The number of likely N-dealkylation sites (N-methyl/N-ethyl adjacent to an activating group) is 1. The predicted octanol–water partition coefficient (Wildman–Crippen LogP) is 2.43. The van der Waals surface area contributed by atoms with Gasteiger partial charge in [0.1, 0.15) is 22.5 Å². The Morgan fingerprint density at radius 1 is 1.21 bits per heavy atom. The van der Waals surface area contributed by atoms with Crippen LogP contribution in [0.4, 0.5) is 0 Å². The first-order valence-corrected chi connectivity index (χ1v) is 12.3. The van der Waals surface area contributed by atoms with E-state index in [0.29, 0.717) is 17.9 Å². The lowest BCUT2D eigenvalue weighted by Crippen LogP contribution is -2.49. The van der Waals surface area contributed by atoms with Crippen molar-refractivity contribution in [2.24, 2.45) is 5.92 Å². The zero-order valence-corrected chi connectivity index (χ0v) is 20.6. The van der Waals surface area contributed by atoms with Gasteiger partial charge in [0.05, 0.1) is 13.7 Å². The van der Waals surface area contributed by atoms with Crippen molar-refractivity contribution in [3.05, 3.63) is 53.6 Å². The van der Waals surface area contributed by atoms with E-state index in [1.807, 2.05) is 50.2 Å². The van der Waals surface area contributed by atoms with Gasteiger partial charge in [-0.25, -0.2) is 8.42 Å². The molecule has 1 N–H and O–H groups in total. The molecule has 0 fully saturated rings. The minimum Gasteiger partial charge on any atom is -0.497 e. The van der Waals surface area contributed by atoms with E-state index < -0.39 is 16.1 Å². The second-order valence-corrected chi connectivity index (χ2v) is 10.5. The third kappa shape index (κ3) is 5.87. The first-order chi connectivity index (χ1) is 15.6. The van der Waals surface area contributed by atoms with E-state index in [1.54, 1.807) is 32.2 Å². The van der Waals surface area contributed by atoms with Crippen molar-refractivity contribution < 1.29 is 23.0 Å². The van der Waals surface area contributed by atoms with Crippen molar-refractivity contribution in [1.29, 1.82) is 0 Å². The number of hydrogen-bond donors (Lipinski definition) is 1. The third-order valence-corrected chi connectivity index (χ3v) is 7.65. The molecule has 3 atom stereocenters. The average molecular weight is 473 g/mol. The molecular weight excluding hydrogens is 440 g/mol. The molecule has 178 valence electrons. The van der Waals surface area contributed by atoms with Crippen molar-refractivity contribution in [3.8, 4) is 23.3 Å². The number of methoxy groups -OCH3 is 1. The van der Waals surface area contributed by atoms with Crippen molar-refractivity contribution in [3.63, 3.8) is 0 Å². The summed E-state index contributed by atoms with van der Waals surface area (Å²) >= 11 is 0. The molecule has 3 rings (SSSR count). The summed E-state index contributed by atoms with van der Waals surface area (Å²) in [6.07, 6.45) is -0.232. The Labute approximate surface area is 197 Å². The monoisotopic (exact) mass is 472 g/mol. The van der Waals surface area contributed by atoms with Crippen molar-refractivity contribution in [1.82, 2.24) is 9.21 Å². The zero-order chi connectivity index (χ0) is 24.2. The first-order valence-electron chi connectivity index (χ1n) is 10.9. The fourth-order valence-corrected chi connectivity index (χ4v) is 5.55. The van der Waals surface area contributed by atoms with Gasteiger partial charge in [0.25, 0.3) is 0 Å². The van der Waals surface area contributed by atoms with Gasteiger partial charge in [-0.2, -0.15) is 4.31 Å². The molecule has 2 aromatic rings. The summed E-state index contributed by atoms with van der Waals surface area (Å²) in [5.41, 5.74) is 1.43. The molecule has 1 aliphatic rings. The summed E-state index contributed by atoms with van der Waals surface area (Å²) in [6, 6.07) is 11.8. The molecule has 0 unspecified atom stereocenters. The molecule has 1 heterocycles. The van der Waals surface area contributed by atoms with Gasteiger partial charge < -0.3 is 19.5 Å². The fraction of sp³-hybridized carbons (Fsp3) is 0.440. The number of hydrogen-bond acceptors (Lipinski definition) is 6. The molecule has 2 aromatic carbocycles. The van der Waals surface area contributed by atoms with Crippen molar-refractivity contribution >= 4 is 10.0 Å². The molecular formula is C25H32N2O5S. The number of nitrogens with zero attached hydrogens (tertiary/aromatic N) is 2. The summed E-state index contributed by atoms with van der Waals surface area (Å²) in [5.74, 6) is 7.09. The van der Waals surface area contributed by atoms with E-state index in [4.69, 9.17) is 9.47 Å². The number of rotatable bonds is 5. The molecule has 0 saturated heterocycles. The molecule has 33 heavy (non-hydrogen) atoms. The summed E-state index contributed by atoms with van der Waals surface area (Å²) in [6.45, 7) is 4.31. The lowest BCUT2D eigenvalue weighted by molar-refractivity contribution is 0.0812. The van der Waals surface area contributed by atoms with E-state index in [1.165, 1.54) is 4.31 Å². The van der Waals surface area contributed by atoms with Gasteiger partial charge in [0.15, 0.2) is 0 Å². The maximum atomic E-state index is 13.5. The van der Waals surface area contributed by atoms with Crippen LogP contribution in [0.25, 0.3) is 0 Å². The Morgan fingerprint density at radius 3 is 2.55 bits per heavy atom. The molecule has 0 saturated carbocycles. The van der Waals surface area contributed by atoms with Gasteiger partial charge in [-0.15, -0.1) is 0 Å². The predicted molar refractivity (Wildman–Crippen MR) is 128 cm³/mol. The Hall–Kier alpha value is -2.57. The molecule has 0 spiro atoms. The summed E-state index contributed by atoms with van der Waals surface area (Å²) in [7, 11) is 1.65. The summed E-state index contributed by atoms with van der Waals surface area (Å²) < 4.78 is 39.9. The van der Waals surface area contributed by atoms with Crippen LogP contribution in [0.1, 0.15) is 25.0 Å². The SMILES string of the molecule is COc1cccc(C#Cc2ccc3c(c2)O[C@@H](CN(C)C)[C@@H](C)CN([C@@H](C)CO)S3(=O)=O)c1. The van der Waals surface area contributed by atoms with E-state index in [-0.39, 0.29) is 35.8 Å². The highest BCUT2D eigenvalue weighted by Gasteiger charge is 2.37.